The van der Waals surface area contributed by atoms with Crippen molar-refractivity contribution in [2.24, 2.45) is 4.99 Å². The molecule has 0 bridgehead atoms. The van der Waals surface area contributed by atoms with Crippen LogP contribution in [0.4, 0.5) is 0 Å². The van der Waals surface area contributed by atoms with Crippen LogP contribution in [0.15, 0.2) is 27.7 Å². The fraction of sp³-hybridized carbons (Fsp3) is 0.562. The van der Waals surface area contributed by atoms with E-state index in [4.69, 9.17) is 21.1 Å². The third-order valence-electron chi connectivity index (χ3n) is 3.11. The van der Waals surface area contributed by atoms with Gasteiger partial charge < -0.3 is 20.1 Å². The Balaban J connectivity index is 2.18. The zero-order valence-electron chi connectivity index (χ0n) is 13.7. The number of hydrogen-bond acceptors (Lipinski definition) is 3. The molecule has 0 saturated heterocycles. The van der Waals surface area contributed by atoms with Crippen molar-refractivity contribution in [2.75, 3.05) is 47.1 Å². The highest BCUT2D eigenvalue weighted by atomic mass is 79.9. The van der Waals surface area contributed by atoms with E-state index in [9.17, 15) is 0 Å². The van der Waals surface area contributed by atoms with Gasteiger partial charge in [-0.05, 0) is 36.6 Å². The summed E-state index contributed by atoms with van der Waals surface area (Å²) in [5.41, 5.74) is 1.17. The Bertz CT molecular complexity index is 486. The van der Waals surface area contributed by atoms with Crippen LogP contribution in [0.25, 0.3) is 0 Å². The highest BCUT2D eigenvalue weighted by molar-refractivity contribution is 9.10. The van der Waals surface area contributed by atoms with E-state index in [0.29, 0.717) is 19.8 Å². The molecule has 0 amide bonds. The molecule has 0 spiro atoms. The minimum Gasteiger partial charge on any atom is -0.382 e. The standard InChI is InChI=1S/C16H25BrClN3O2/c1-19-16(20-7-3-9-23-11-10-22-2)21-8-6-13-12-14(18)4-5-15(13)17/h4-5,12H,3,6-11H2,1-2H3,(H2,19,20,21). The van der Waals surface area contributed by atoms with Gasteiger partial charge in [-0.3, -0.25) is 4.99 Å². The van der Waals surface area contributed by atoms with Crippen LogP contribution in [0.2, 0.25) is 5.02 Å². The summed E-state index contributed by atoms with van der Waals surface area (Å²) in [6, 6.07) is 5.81. The largest absolute Gasteiger partial charge is 0.382 e. The molecular formula is C16H25BrClN3O2. The number of benzene rings is 1. The van der Waals surface area contributed by atoms with Crippen molar-refractivity contribution in [3.8, 4) is 0 Å². The Labute approximate surface area is 151 Å². The molecule has 0 heterocycles. The molecule has 0 aromatic heterocycles. The van der Waals surface area contributed by atoms with Gasteiger partial charge in [-0.15, -0.1) is 0 Å². The minimum atomic E-state index is 0.635. The first kappa shape index (κ1) is 20.2. The number of aliphatic imine (C=N–C) groups is 1. The van der Waals surface area contributed by atoms with E-state index in [1.807, 2.05) is 18.2 Å². The van der Waals surface area contributed by atoms with Gasteiger partial charge in [-0.2, -0.15) is 0 Å². The number of nitrogens with one attached hydrogen (secondary N) is 2. The van der Waals surface area contributed by atoms with E-state index in [-0.39, 0.29) is 0 Å². The maximum Gasteiger partial charge on any atom is 0.190 e. The fourth-order valence-corrected chi connectivity index (χ4v) is 2.54. The van der Waals surface area contributed by atoms with E-state index in [1.54, 1.807) is 14.2 Å². The molecule has 5 nitrogen and oxygen atoms in total. The van der Waals surface area contributed by atoms with E-state index < -0.39 is 0 Å². The van der Waals surface area contributed by atoms with Crippen LogP contribution in [0.5, 0.6) is 0 Å². The summed E-state index contributed by atoms with van der Waals surface area (Å²) in [5, 5.41) is 7.30. The molecule has 0 aliphatic carbocycles. The lowest BCUT2D eigenvalue weighted by Crippen LogP contribution is -2.39. The first-order chi connectivity index (χ1) is 11.2. The number of rotatable bonds is 10. The molecule has 0 fully saturated rings. The van der Waals surface area contributed by atoms with Gasteiger partial charge in [0.25, 0.3) is 0 Å². The van der Waals surface area contributed by atoms with Crippen LogP contribution < -0.4 is 10.6 Å². The Morgan fingerprint density at radius 3 is 2.74 bits per heavy atom. The van der Waals surface area contributed by atoms with Gasteiger partial charge in [-0.25, -0.2) is 0 Å². The lowest BCUT2D eigenvalue weighted by Gasteiger charge is -2.12. The predicted molar refractivity (Wildman–Crippen MR) is 99.5 cm³/mol. The van der Waals surface area contributed by atoms with Gasteiger partial charge in [0, 0.05) is 43.3 Å². The molecule has 0 radical (unpaired) electrons. The molecule has 1 aromatic carbocycles. The van der Waals surface area contributed by atoms with Crippen LogP contribution in [0.3, 0.4) is 0 Å². The molecule has 0 aliphatic heterocycles. The van der Waals surface area contributed by atoms with E-state index >= 15 is 0 Å². The van der Waals surface area contributed by atoms with Gasteiger partial charge in [0.1, 0.15) is 0 Å². The highest BCUT2D eigenvalue weighted by Gasteiger charge is 2.02. The summed E-state index contributed by atoms with van der Waals surface area (Å²) in [7, 11) is 3.43. The maximum absolute atomic E-state index is 6.02. The van der Waals surface area contributed by atoms with Crippen LogP contribution >= 0.6 is 27.5 Å². The van der Waals surface area contributed by atoms with Crippen molar-refractivity contribution < 1.29 is 9.47 Å². The monoisotopic (exact) mass is 405 g/mol. The number of ether oxygens (including phenoxy) is 2. The van der Waals surface area contributed by atoms with Crippen molar-refractivity contribution >= 4 is 33.5 Å². The maximum atomic E-state index is 6.02. The van der Waals surface area contributed by atoms with E-state index in [2.05, 4.69) is 31.6 Å². The first-order valence-corrected chi connectivity index (χ1v) is 8.79. The van der Waals surface area contributed by atoms with Crippen molar-refractivity contribution in [3.05, 3.63) is 33.3 Å². The highest BCUT2D eigenvalue weighted by Crippen LogP contribution is 2.21. The lowest BCUT2D eigenvalue weighted by molar-refractivity contribution is 0.0698. The molecule has 23 heavy (non-hydrogen) atoms. The van der Waals surface area contributed by atoms with Crippen LogP contribution in [-0.4, -0.2) is 53.0 Å². The summed E-state index contributed by atoms with van der Waals surface area (Å²) in [6.07, 6.45) is 1.78. The van der Waals surface area contributed by atoms with Crippen LogP contribution in [-0.2, 0) is 15.9 Å². The molecular weight excluding hydrogens is 382 g/mol. The second-order valence-electron chi connectivity index (χ2n) is 4.87. The first-order valence-electron chi connectivity index (χ1n) is 7.62. The van der Waals surface area contributed by atoms with Crippen molar-refractivity contribution in [1.82, 2.24) is 10.6 Å². The van der Waals surface area contributed by atoms with Gasteiger partial charge in [0.05, 0.1) is 13.2 Å². The third-order valence-corrected chi connectivity index (χ3v) is 4.12. The minimum absolute atomic E-state index is 0.635. The molecule has 0 saturated carbocycles. The van der Waals surface area contributed by atoms with E-state index in [0.717, 1.165) is 41.4 Å². The number of hydrogen-bond donors (Lipinski definition) is 2. The molecule has 0 atom stereocenters. The molecule has 2 N–H and O–H groups in total. The molecule has 7 heteroatoms. The van der Waals surface area contributed by atoms with Gasteiger partial charge >= 0.3 is 0 Å². The lowest BCUT2D eigenvalue weighted by atomic mass is 10.1. The predicted octanol–water partition coefficient (Wildman–Crippen LogP) is 2.86. The number of methoxy groups -OCH3 is 1. The topological polar surface area (TPSA) is 54.9 Å². The second kappa shape index (κ2) is 12.6. The number of nitrogens with zero attached hydrogens (tertiary/aromatic N) is 1. The second-order valence-corrected chi connectivity index (χ2v) is 6.16. The van der Waals surface area contributed by atoms with Gasteiger partial charge in [-0.1, -0.05) is 27.5 Å². The Kier molecular flexibility index (Phi) is 11.1. The van der Waals surface area contributed by atoms with Crippen LogP contribution in [0, 0.1) is 0 Å². The fourth-order valence-electron chi connectivity index (χ4n) is 1.90. The van der Waals surface area contributed by atoms with Gasteiger partial charge in [0.15, 0.2) is 5.96 Å². The Morgan fingerprint density at radius 2 is 2.00 bits per heavy atom. The number of guanidine groups is 1. The Morgan fingerprint density at radius 1 is 1.22 bits per heavy atom. The summed E-state index contributed by atoms with van der Waals surface area (Å²) in [4.78, 5) is 4.20. The molecule has 0 aliphatic rings. The average molecular weight is 407 g/mol. The summed E-state index contributed by atoms with van der Waals surface area (Å²) in [5.74, 6) is 0.792. The van der Waals surface area contributed by atoms with Crippen LogP contribution in [0.1, 0.15) is 12.0 Å². The van der Waals surface area contributed by atoms with Gasteiger partial charge in [0.2, 0.25) is 0 Å². The van der Waals surface area contributed by atoms with Crippen molar-refractivity contribution in [1.29, 1.82) is 0 Å². The summed E-state index contributed by atoms with van der Waals surface area (Å²) >= 11 is 9.56. The zero-order chi connectivity index (χ0) is 16.9. The SMILES string of the molecule is CN=C(NCCCOCCOC)NCCc1cc(Cl)ccc1Br. The summed E-state index contributed by atoms with van der Waals surface area (Å²) in [6.45, 7) is 3.58. The quantitative estimate of drug-likeness (QED) is 0.356. The average Bonchev–Trinajstić information content (AvgIpc) is 2.55. The smallest absolute Gasteiger partial charge is 0.190 e. The molecule has 130 valence electrons. The molecule has 1 rings (SSSR count). The van der Waals surface area contributed by atoms with Crippen molar-refractivity contribution in [3.63, 3.8) is 0 Å². The number of halogens is 2. The Hall–Kier alpha value is -0.820. The van der Waals surface area contributed by atoms with Crippen molar-refractivity contribution in [2.45, 2.75) is 12.8 Å². The normalized spacial score (nSPS) is 11.6. The zero-order valence-corrected chi connectivity index (χ0v) is 16.0. The molecule has 0 unspecified atom stereocenters. The molecule has 1 aromatic rings. The summed E-state index contributed by atoms with van der Waals surface area (Å²) < 4.78 is 11.4. The third kappa shape index (κ3) is 9.15. The van der Waals surface area contributed by atoms with E-state index in [1.165, 1.54) is 5.56 Å².